The summed E-state index contributed by atoms with van der Waals surface area (Å²) < 4.78 is 5.96. The molecule has 1 rings (SSSR count). The second-order valence-electron chi connectivity index (χ2n) is 5.77. The Kier molecular flexibility index (Phi) is 4.77. The zero-order valence-corrected chi connectivity index (χ0v) is 13.1. The Bertz CT molecular complexity index is 374. The molecule has 2 nitrogen and oxygen atoms in total. The molecule has 0 bridgehead atoms. The maximum Gasteiger partial charge on any atom is 0.167 e. The molecule has 0 aliphatic heterocycles. The molecule has 0 radical (unpaired) electrons. The fraction of sp³-hybridized carbons (Fsp3) is 0.571. The lowest BCUT2D eigenvalue weighted by molar-refractivity contribution is 0.290. The molecule has 0 fully saturated rings. The predicted molar refractivity (Wildman–Crippen MR) is 77.8 cm³/mol. The Hall–Kier alpha value is -0.803. The standard InChI is InChI=1S/C14H25NOSi/c1-10(2)14(4,5)17-16-9-12-7-6-8-13(15)11(12)3/h6-8,10H,9,15,17H2,1-5H3. The van der Waals surface area contributed by atoms with Gasteiger partial charge >= 0.3 is 0 Å². The largest absolute Gasteiger partial charge is 0.419 e. The van der Waals surface area contributed by atoms with Gasteiger partial charge in [0.25, 0.3) is 0 Å². The van der Waals surface area contributed by atoms with Crippen LogP contribution in [0.4, 0.5) is 5.69 Å². The van der Waals surface area contributed by atoms with Crippen LogP contribution >= 0.6 is 0 Å². The van der Waals surface area contributed by atoms with Crippen LogP contribution < -0.4 is 5.73 Å². The van der Waals surface area contributed by atoms with E-state index in [0.717, 1.165) is 11.3 Å². The first-order chi connectivity index (χ1) is 7.84. The highest BCUT2D eigenvalue weighted by atomic mass is 28.2. The van der Waals surface area contributed by atoms with Crippen molar-refractivity contribution in [3.63, 3.8) is 0 Å². The lowest BCUT2D eigenvalue weighted by Gasteiger charge is -2.28. The van der Waals surface area contributed by atoms with Gasteiger partial charge in [0, 0.05) is 5.69 Å². The lowest BCUT2D eigenvalue weighted by Crippen LogP contribution is -2.22. The summed E-state index contributed by atoms with van der Waals surface area (Å²) >= 11 is 0. The predicted octanol–water partition coefficient (Wildman–Crippen LogP) is 3.03. The Morgan fingerprint density at radius 2 is 2.00 bits per heavy atom. The zero-order valence-electron chi connectivity index (χ0n) is 11.7. The van der Waals surface area contributed by atoms with E-state index in [-0.39, 0.29) is 0 Å². The van der Waals surface area contributed by atoms with E-state index in [0.29, 0.717) is 17.6 Å². The van der Waals surface area contributed by atoms with Crippen LogP contribution in [-0.2, 0) is 11.0 Å². The summed E-state index contributed by atoms with van der Waals surface area (Å²) in [6.07, 6.45) is 0. The average molecular weight is 251 g/mol. The highest BCUT2D eigenvalue weighted by molar-refractivity contribution is 6.32. The summed E-state index contributed by atoms with van der Waals surface area (Å²) in [4.78, 5) is 0. The van der Waals surface area contributed by atoms with Crippen LogP contribution in [0.3, 0.4) is 0 Å². The first kappa shape index (κ1) is 14.3. The molecule has 0 amide bonds. The van der Waals surface area contributed by atoms with E-state index in [2.05, 4.69) is 40.7 Å². The van der Waals surface area contributed by atoms with Gasteiger partial charge in [-0.25, -0.2) is 0 Å². The van der Waals surface area contributed by atoms with Crippen molar-refractivity contribution >= 4 is 15.5 Å². The smallest absolute Gasteiger partial charge is 0.167 e. The Labute approximate surface area is 108 Å². The number of rotatable bonds is 5. The summed E-state index contributed by atoms with van der Waals surface area (Å²) in [5.41, 5.74) is 9.12. The number of nitrogens with two attached hydrogens (primary N) is 1. The molecular weight excluding hydrogens is 226 g/mol. The van der Waals surface area contributed by atoms with Crippen molar-refractivity contribution in [1.82, 2.24) is 0 Å². The van der Waals surface area contributed by atoms with Crippen LogP contribution in [-0.4, -0.2) is 9.76 Å². The second kappa shape index (κ2) is 5.69. The van der Waals surface area contributed by atoms with Gasteiger partial charge in [-0.15, -0.1) is 0 Å². The van der Waals surface area contributed by atoms with E-state index in [1.807, 2.05) is 12.1 Å². The molecule has 0 heterocycles. The molecule has 0 saturated heterocycles. The molecule has 2 N–H and O–H groups in total. The molecule has 0 saturated carbocycles. The van der Waals surface area contributed by atoms with Crippen molar-refractivity contribution in [2.75, 3.05) is 5.73 Å². The number of hydrogen-bond acceptors (Lipinski definition) is 2. The molecule has 0 aliphatic rings. The van der Waals surface area contributed by atoms with Crippen molar-refractivity contribution in [2.24, 2.45) is 5.92 Å². The fourth-order valence-electron chi connectivity index (χ4n) is 1.45. The summed E-state index contributed by atoms with van der Waals surface area (Å²) in [6, 6.07) is 6.03. The highest BCUT2D eigenvalue weighted by Crippen LogP contribution is 2.33. The molecule has 0 aromatic heterocycles. The lowest BCUT2D eigenvalue weighted by atomic mass is 9.99. The van der Waals surface area contributed by atoms with Crippen molar-refractivity contribution < 1.29 is 4.43 Å². The van der Waals surface area contributed by atoms with Crippen molar-refractivity contribution in [1.29, 1.82) is 0 Å². The average Bonchev–Trinajstić information content (AvgIpc) is 2.24. The highest BCUT2D eigenvalue weighted by Gasteiger charge is 2.23. The first-order valence-electron chi connectivity index (χ1n) is 6.26. The normalized spacial score (nSPS) is 12.8. The van der Waals surface area contributed by atoms with Gasteiger partial charge < -0.3 is 10.2 Å². The van der Waals surface area contributed by atoms with Crippen LogP contribution in [0.25, 0.3) is 0 Å². The molecule has 1 aromatic rings. The SMILES string of the molecule is Cc1c(N)cccc1CO[SiH2]C(C)(C)C(C)C. The van der Waals surface area contributed by atoms with E-state index in [1.165, 1.54) is 5.56 Å². The van der Waals surface area contributed by atoms with Gasteiger partial charge in [0.2, 0.25) is 0 Å². The van der Waals surface area contributed by atoms with E-state index in [4.69, 9.17) is 10.2 Å². The second-order valence-corrected chi connectivity index (χ2v) is 8.29. The van der Waals surface area contributed by atoms with Crippen LogP contribution in [0.15, 0.2) is 18.2 Å². The minimum atomic E-state index is -0.521. The topological polar surface area (TPSA) is 35.2 Å². The van der Waals surface area contributed by atoms with E-state index < -0.39 is 9.76 Å². The summed E-state index contributed by atoms with van der Waals surface area (Å²) in [6.45, 7) is 11.9. The van der Waals surface area contributed by atoms with Gasteiger partial charge in [-0.3, -0.25) is 0 Å². The minimum absolute atomic E-state index is 0.355. The molecule has 17 heavy (non-hydrogen) atoms. The maximum atomic E-state index is 5.96. The molecule has 0 atom stereocenters. The van der Waals surface area contributed by atoms with Gasteiger partial charge in [0.1, 0.15) is 0 Å². The molecule has 1 aromatic carbocycles. The van der Waals surface area contributed by atoms with Crippen molar-refractivity contribution in [2.45, 2.75) is 46.3 Å². The summed E-state index contributed by atoms with van der Waals surface area (Å²) in [5.74, 6) is 0.677. The maximum absolute atomic E-state index is 5.96. The fourth-order valence-corrected chi connectivity index (χ4v) is 2.63. The molecule has 96 valence electrons. The minimum Gasteiger partial charge on any atom is -0.419 e. The number of anilines is 1. The van der Waals surface area contributed by atoms with Gasteiger partial charge in [-0.2, -0.15) is 0 Å². The van der Waals surface area contributed by atoms with E-state index in [9.17, 15) is 0 Å². The van der Waals surface area contributed by atoms with Gasteiger partial charge in [-0.1, -0.05) is 39.8 Å². The third-order valence-electron chi connectivity index (χ3n) is 3.78. The molecule has 3 heteroatoms. The molecule has 0 spiro atoms. The third-order valence-corrected chi connectivity index (χ3v) is 5.75. The van der Waals surface area contributed by atoms with Crippen molar-refractivity contribution in [3.05, 3.63) is 29.3 Å². The van der Waals surface area contributed by atoms with Gasteiger partial charge in [0.15, 0.2) is 9.76 Å². The van der Waals surface area contributed by atoms with E-state index in [1.54, 1.807) is 0 Å². The van der Waals surface area contributed by atoms with Crippen LogP contribution in [0.2, 0.25) is 5.04 Å². The number of nitrogen functional groups attached to an aromatic ring is 1. The zero-order chi connectivity index (χ0) is 13.1. The Morgan fingerprint density at radius 1 is 1.35 bits per heavy atom. The monoisotopic (exact) mass is 251 g/mol. The quantitative estimate of drug-likeness (QED) is 0.645. The van der Waals surface area contributed by atoms with Crippen molar-refractivity contribution in [3.8, 4) is 0 Å². The number of hydrogen-bond donors (Lipinski definition) is 1. The Balaban J connectivity index is 2.55. The van der Waals surface area contributed by atoms with Gasteiger partial charge in [-0.05, 0) is 35.1 Å². The van der Waals surface area contributed by atoms with Crippen LogP contribution in [0.1, 0.15) is 38.8 Å². The first-order valence-corrected chi connectivity index (χ1v) is 7.54. The third kappa shape index (κ3) is 3.86. The summed E-state index contributed by atoms with van der Waals surface area (Å²) in [7, 11) is -0.521. The van der Waals surface area contributed by atoms with E-state index >= 15 is 0 Å². The van der Waals surface area contributed by atoms with Crippen LogP contribution in [0.5, 0.6) is 0 Å². The van der Waals surface area contributed by atoms with Gasteiger partial charge in [0.05, 0.1) is 6.61 Å². The molecular formula is C14H25NOSi. The molecule has 0 unspecified atom stereocenters. The summed E-state index contributed by atoms with van der Waals surface area (Å²) in [5, 5.41) is 0.355. The molecule has 0 aliphatic carbocycles. The van der Waals surface area contributed by atoms with Crippen LogP contribution in [0, 0.1) is 12.8 Å². The number of benzene rings is 1. The Morgan fingerprint density at radius 3 is 2.59 bits per heavy atom.